The SMILES string of the molecule is CCC1CCC(Nc2ccc(CCO)cc2)CC1. The molecule has 0 saturated heterocycles. The largest absolute Gasteiger partial charge is 0.396 e. The molecule has 1 aliphatic carbocycles. The van der Waals surface area contributed by atoms with E-state index in [1.807, 2.05) is 0 Å². The molecule has 0 amide bonds. The van der Waals surface area contributed by atoms with Gasteiger partial charge in [0.05, 0.1) is 0 Å². The van der Waals surface area contributed by atoms with Gasteiger partial charge in [-0.3, -0.25) is 0 Å². The highest BCUT2D eigenvalue weighted by Gasteiger charge is 2.19. The van der Waals surface area contributed by atoms with Crippen LogP contribution in [0.2, 0.25) is 0 Å². The van der Waals surface area contributed by atoms with Crippen molar-refractivity contribution in [3.8, 4) is 0 Å². The van der Waals surface area contributed by atoms with Gasteiger partial charge in [-0.25, -0.2) is 0 Å². The molecule has 2 heteroatoms. The smallest absolute Gasteiger partial charge is 0.0471 e. The van der Waals surface area contributed by atoms with E-state index in [9.17, 15) is 0 Å². The first kappa shape index (κ1) is 13.4. The first-order chi connectivity index (χ1) is 8.81. The topological polar surface area (TPSA) is 32.3 Å². The molecule has 1 aliphatic rings. The van der Waals surface area contributed by atoms with E-state index >= 15 is 0 Å². The molecule has 0 aliphatic heterocycles. The molecule has 1 saturated carbocycles. The second-order valence-electron chi connectivity index (χ2n) is 5.44. The molecule has 0 radical (unpaired) electrons. The van der Waals surface area contributed by atoms with Crippen LogP contribution < -0.4 is 5.32 Å². The van der Waals surface area contributed by atoms with Crippen molar-refractivity contribution < 1.29 is 5.11 Å². The lowest BCUT2D eigenvalue weighted by molar-refractivity contribution is 0.299. The van der Waals surface area contributed by atoms with E-state index < -0.39 is 0 Å². The lowest BCUT2D eigenvalue weighted by atomic mass is 9.84. The highest BCUT2D eigenvalue weighted by molar-refractivity contribution is 5.45. The summed E-state index contributed by atoms with van der Waals surface area (Å²) in [6.45, 7) is 2.53. The van der Waals surface area contributed by atoms with Crippen LogP contribution in [-0.4, -0.2) is 17.8 Å². The molecule has 1 aromatic rings. The van der Waals surface area contributed by atoms with Crippen LogP contribution >= 0.6 is 0 Å². The van der Waals surface area contributed by atoms with Gasteiger partial charge >= 0.3 is 0 Å². The molecular weight excluding hydrogens is 222 g/mol. The second kappa shape index (κ2) is 6.79. The van der Waals surface area contributed by atoms with Crippen molar-refractivity contribution in [3.05, 3.63) is 29.8 Å². The van der Waals surface area contributed by atoms with E-state index in [2.05, 4.69) is 36.5 Å². The maximum absolute atomic E-state index is 8.88. The lowest BCUT2D eigenvalue weighted by Crippen LogP contribution is -2.25. The van der Waals surface area contributed by atoms with Crippen molar-refractivity contribution in [2.45, 2.75) is 51.5 Å². The Hall–Kier alpha value is -1.02. The predicted octanol–water partition coefficient (Wildman–Crippen LogP) is 3.60. The minimum absolute atomic E-state index is 0.230. The van der Waals surface area contributed by atoms with Gasteiger partial charge in [-0.15, -0.1) is 0 Å². The summed E-state index contributed by atoms with van der Waals surface area (Å²) in [5.74, 6) is 0.954. The van der Waals surface area contributed by atoms with Gasteiger partial charge in [0, 0.05) is 18.3 Å². The van der Waals surface area contributed by atoms with Crippen LogP contribution in [0.4, 0.5) is 5.69 Å². The van der Waals surface area contributed by atoms with E-state index in [0.29, 0.717) is 6.04 Å². The molecular formula is C16H25NO. The first-order valence-electron chi connectivity index (χ1n) is 7.28. The maximum Gasteiger partial charge on any atom is 0.0471 e. The van der Waals surface area contributed by atoms with Gasteiger partial charge in [0.25, 0.3) is 0 Å². The van der Waals surface area contributed by atoms with Crippen LogP contribution in [0, 0.1) is 5.92 Å². The Morgan fingerprint density at radius 1 is 1.11 bits per heavy atom. The summed E-state index contributed by atoms with van der Waals surface area (Å²) >= 11 is 0. The molecule has 0 unspecified atom stereocenters. The fourth-order valence-corrected chi connectivity index (χ4v) is 2.85. The minimum atomic E-state index is 0.230. The Balaban J connectivity index is 1.82. The fraction of sp³-hybridized carbons (Fsp3) is 0.625. The first-order valence-corrected chi connectivity index (χ1v) is 7.28. The number of benzene rings is 1. The molecule has 2 rings (SSSR count). The molecule has 0 atom stereocenters. The van der Waals surface area contributed by atoms with Crippen LogP contribution in [0.15, 0.2) is 24.3 Å². The van der Waals surface area contributed by atoms with E-state index in [1.165, 1.54) is 43.4 Å². The van der Waals surface area contributed by atoms with E-state index in [1.54, 1.807) is 0 Å². The monoisotopic (exact) mass is 247 g/mol. The fourth-order valence-electron chi connectivity index (χ4n) is 2.85. The van der Waals surface area contributed by atoms with Gasteiger partial charge in [0.1, 0.15) is 0 Å². The number of hydrogen-bond acceptors (Lipinski definition) is 2. The van der Waals surface area contributed by atoms with Gasteiger partial charge in [-0.1, -0.05) is 25.5 Å². The Labute approximate surface area is 110 Å². The summed E-state index contributed by atoms with van der Waals surface area (Å²) < 4.78 is 0. The molecule has 0 bridgehead atoms. The molecule has 0 heterocycles. The zero-order valence-electron chi connectivity index (χ0n) is 11.4. The van der Waals surface area contributed by atoms with Crippen LogP contribution in [0.1, 0.15) is 44.6 Å². The van der Waals surface area contributed by atoms with E-state index in [4.69, 9.17) is 5.11 Å². The Kier molecular flexibility index (Phi) is 5.06. The second-order valence-corrected chi connectivity index (χ2v) is 5.44. The summed E-state index contributed by atoms with van der Waals surface area (Å²) in [5, 5.41) is 12.5. The third-order valence-corrected chi connectivity index (χ3v) is 4.15. The molecule has 0 aromatic heterocycles. The molecule has 100 valence electrons. The molecule has 1 fully saturated rings. The highest BCUT2D eigenvalue weighted by atomic mass is 16.2. The van der Waals surface area contributed by atoms with Crippen molar-refractivity contribution >= 4 is 5.69 Å². The number of aliphatic hydroxyl groups is 1. The number of aliphatic hydroxyl groups excluding tert-OH is 1. The zero-order chi connectivity index (χ0) is 12.8. The van der Waals surface area contributed by atoms with Crippen molar-refractivity contribution in [1.82, 2.24) is 0 Å². The van der Waals surface area contributed by atoms with E-state index in [0.717, 1.165) is 12.3 Å². The summed E-state index contributed by atoms with van der Waals surface area (Å²) in [7, 11) is 0. The van der Waals surface area contributed by atoms with Crippen LogP contribution in [0.5, 0.6) is 0 Å². The third kappa shape index (κ3) is 3.74. The normalized spacial score (nSPS) is 23.9. The van der Waals surface area contributed by atoms with Crippen molar-refractivity contribution in [2.75, 3.05) is 11.9 Å². The van der Waals surface area contributed by atoms with Crippen molar-refractivity contribution in [3.63, 3.8) is 0 Å². The van der Waals surface area contributed by atoms with Crippen molar-refractivity contribution in [1.29, 1.82) is 0 Å². The molecule has 1 aromatic carbocycles. The molecule has 2 nitrogen and oxygen atoms in total. The quantitative estimate of drug-likeness (QED) is 0.833. The van der Waals surface area contributed by atoms with Gasteiger partial charge in [0.2, 0.25) is 0 Å². The summed E-state index contributed by atoms with van der Waals surface area (Å²) in [4.78, 5) is 0. The Morgan fingerprint density at radius 2 is 1.78 bits per heavy atom. The van der Waals surface area contributed by atoms with Crippen LogP contribution in [0.25, 0.3) is 0 Å². The summed E-state index contributed by atoms with van der Waals surface area (Å²) in [6.07, 6.45) is 7.44. The summed E-state index contributed by atoms with van der Waals surface area (Å²) in [6, 6.07) is 9.14. The molecule has 0 spiro atoms. The lowest BCUT2D eigenvalue weighted by Gasteiger charge is -2.29. The highest BCUT2D eigenvalue weighted by Crippen LogP contribution is 2.28. The molecule has 18 heavy (non-hydrogen) atoms. The zero-order valence-corrected chi connectivity index (χ0v) is 11.4. The maximum atomic E-state index is 8.88. The van der Waals surface area contributed by atoms with Crippen molar-refractivity contribution in [2.24, 2.45) is 5.92 Å². The van der Waals surface area contributed by atoms with Crippen LogP contribution in [0.3, 0.4) is 0 Å². The van der Waals surface area contributed by atoms with Gasteiger partial charge < -0.3 is 10.4 Å². The number of rotatable bonds is 5. The third-order valence-electron chi connectivity index (χ3n) is 4.15. The Bertz CT molecular complexity index is 339. The standard InChI is InChI=1S/C16H25NO/c1-2-13-3-7-15(8-4-13)17-16-9-5-14(6-10-16)11-12-18/h5-6,9-10,13,15,17-18H,2-4,7-8,11-12H2,1H3. The van der Waals surface area contributed by atoms with Gasteiger partial charge in [0.15, 0.2) is 0 Å². The van der Waals surface area contributed by atoms with Gasteiger partial charge in [-0.2, -0.15) is 0 Å². The average Bonchev–Trinajstić information content (AvgIpc) is 2.42. The van der Waals surface area contributed by atoms with E-state index in [-0.39, 0.29) is 6.61 Å². The minimum Gasteiger partial charge on any atom is -0.396 e. The predicted molar refractivity (Wildman–Crippen MR) is 76.9 cm³/mol. The number of hydrogen-bond donors (Lipinski definition) is 2. The number of anilines is 1. The van der Waals surface area contributed by atoms with Crippen LogP contribution in [-0.2, 0) is 6.42 Å². The molecule has 2 N–H and O–H groups in total. The Morgan fingerprint density at radius 3 is 2.33 bits per heavy atom. The van der Waals surface area contributed by atoms with Gasteiger partial charge in [-0.05, 0) is 55.7 Å². The summed E-state index contributed by atoms with van der Waals surface area (Å²) in [5.41, 5.74) is 2.43. The number of nitrogens with one attached hydrogen (secondary N) is 1. The average molecular weight is 247 g/mol.